The van der Waals surface area contributed by atoms with Crippen molar-refractivity contribution in [2.45, 2.75) is 77.0 Å². The molecule has 0 aromatic rings. The molecule has 2 heteroatoms. The van der Waals surface area contributed by atoms with Crippen LogP contribution < -0.4 is 5.32 Å². The van der Waals surface area contributed by atoms with Gasteiger partial charge in [0.25, 0.3) is 0 Å². The van der Waals surface area contributed by atoms with Gasteiger partial charge in [0.15, 0.2) is 0 Å². The monoisotopic (exact) mass is 257 g/mol. The van der Waals surface area contributed by atoms with E-state index in [1.165, 1.54) is 57.2 Å². The Morgan fingerprint density at radius 3 is 2.41 bits per heavy atom. The van der Waals surface area contributed by atoms with Crippen LogP contribution >= 0.6 is 11.8 Å². The highest BCUT2D eigenvalue weighted by atomic mass is 32.2. The van der Waals surface area contributed by atoms with Crippen LogP contribution in [0.15, 0.2) is 0 Å². The molecule has 1 rings (SSSR count). The largest absolute Gasteiger partial charge is 0.313 e. The molecule has 102 valence electrons. The fourth-order valence-corrected chi connectivity index (χ4v) is 3.68. The van der Waals surface area contributed by atoms with E-state index in [1.807, 2.05) is 0 Å². The summed E-state index contributed by atoms with van der Waals surface area (Å²) in [4.78, 5) is 0. The van der Waals surface area contributed by atoms with Crippen molar-refractivity contribution in [3.05, 3.63) is 0 Å². The van der Waals surface area contributed by atoms with Crippen LogP contribution in [0.5, 0.6) is 0 Å². The lowest BCUT2D eigenvalue weighted by Gasteiger charge is -2.21. The van der Waals surface area contributed by atoms with Gasteiger partial charge >= 0.3 is 0 Å². The molecule has 0 spiro atoms. The summed E-state index contributed by atoms with van der Waals surface area (Å²) in [5, 5.41) is 4.63. The quantitative estimate of drug-likeness (QED) is 0.644. The smallest absolute Gasteiger partial charge is 0.00609 e. The first-order valence-electron chi connectivity index (χ1n) is 7.53. The van der Waals surface area contributed by atoms with E-state index in [-0.39, 0.29) is 0 Å². The zero-order chi connectivity index (χ0) is 12.5. The molecule has 1 aliphatic rings. The second-order valence-corrected chi connectivity index (χ2v) is 7.37. The van der Waals surface area contributed by atoms with E-state index in [2.05, 4.69) is 37.8 Å². The second kappa shape index (κ2) is 9.27. The molecule has 1 atom stereocenters. The van der Waals surface area contributed by atoms with Gasteiger partial charge in [-0.25, -0.2) is 0 Å². The molecule has 17 heavy (non-hydrogen) atoms. The van der Waals surface area contributed by atoms with Gasteiger partial charge in [-0.2, -0.15) is 11.8 Å². The maximum atomic E-state index is 3.66. The van der Waals surface area contributed by atoms with E-state index in [0.717, 1.165) is 11.2 Å². The summed E-state index contributed by atoms with van der Waals surface area (Å²) in [6.07, 6.45) is 10.0. The lowest BCUT2D eigenvalue weighted by Crippen LogP contribution is -2.29. The van der Waals surface area contributed by atoms with Crippen LogP contribution in [0.2, 0.25) is 0 Å². The molecule has 1 N–H and O–H groups in total. The van der Waals surface area contributed by atoms with Gasteiger partial charge in [0, 0.05) is 23.6 Å². The third-order valence-corrected chi connectivity index (χ3v) is 5.06. The fraction of sp³-hybridized carbons (Fsp3) is 1.00. The molecular weight excluding hydrogens is 226 g/mol. The minimum Gasteiger partial charge on any atom is -0.313 e. The van der Waals surface area contributed by atoms with E-state index in [9.17, 15) is 0 Å². The van der Waals surface area contributed by atoms with Gasteiger partial charge in [-0.05, 0) is 38.5 Å². The Morgan fingerprint density at radius 1 is 1.06 bits per heavy atom. The lowest BCUT2D eigenvalue weighted by molar-refractivity contribution is 0.460. The van der Waals surface area contributed by atoms with Gasteiger partial charge in [-0.1, -0.05) is 33.1 Å². The van der Waals surface area contributed by atoms with Crippen molar-refractivity contribution in [3.8, 4) is 0 Å². The Kier molecular flexibility index (Phi) is 8.38. The van der Waals surface area contributed by atoms with Crippen molar-refractivity contribution < 1.29 is 0 Å². The molecule has 0 aromatic carbocycles. The normalized spacial score (nSPS) is 19.8. The second-order valence-electron chi connectivity index (χ2n) is 5.96. The molecule has 0 heterocycles. The predicted molar refractivity (Wildman–Crippen MR) is 80.9 cm³/mol. The highest BCUT2D eigenvalue weighted by Gasteiger charge is 2.13. The standard InChI is InChI=1S/C15H31NS/c1-13(2)9-10-14(3)16-11-12-17-15-7-5-4-6-8-15/h13-16H,4-12H2,1-3H3. The number of thioether (sulfide) groups is 1. The van der Waals surface area contributed by atoms with Crippen LogP contribution in [-0.4, -0.2) is 23.6 Å². The molecule has 0 saturated heterocycles. The Morgan fingerprint density at radius 2 is 1.76 bits per heavy atom. The molecule has 0 aromatic heterocycles. The fourth-order valence-electron chi connectivity index (χ4n) is 2.45. The van der Waals surface area contributed by atoms with Crippen LogP contribution in [-0.2, 0) is 0 Å². The third-order valence-electron chi connectivity index (χ3n) is 3.68. The summed E-state index contributed by atoms with van der Waals surface area (Å²) in [7, 11) is 0. The van der Waals surface area contributed by atoms with Crippen LogP contribution in [0.3, 0.4) is 0 Å². The molecule has 1 nitrogen and oxygen atoms in total. The summed E-state index contributed by atoms with van der Waals surface area (Å²) >= 11 is 2.20. The van der Waals surface area contributed by atoms with Gasteiger partial charge in [0.1, 0.15) is 0 Å². The van der Waals surface area contributed by atoms with Crippen molar-refractivity contribution in [3.63, 3.8) is 0 Å². The topological polar surface area (TPSA) is 12.0 Å². The maximum absolute atomic E-state index is 3.66. The number of hydrogen-bond acceptors (Lipinski definition) is 2. The van der Waals surface area contributed by atoms with Gasteiger partial charge in [-0.15, -0.1) is 0 Å². The van der Waals surface area contributed by atoms with Crippen molar-refractivity contribution >= 4 is 11.8 Å². The molecule has 0 amide bonds. The van der Waals surface area contributed by atoms with Crippen molar-refractivity contribution in [1.82, 2.24) is 5.32 Å². The first-order chi connectivity index (χ1) is 8.18. The van der Waals surface area contributed by atoms with Crippen LogP contribution in [0.25, 0.3) is 0 Å². The molecule has 0 bridgehead atoms. The van der Waals surface area contributed by atoms with E-state index < -0.39 is 0 Å². The Bertz CT molecular complexity index is 176. The summed E-state index contributed by atoms with van der Waals surface area (Å²) in [5.41, 5.74) is 0. The van der Waals surface area contributed by atoms with E-state index in [1.54, 1.807) is 0 Å². The van der Waals surface area contributed by atoms with Crippen molar-refractivity contribution in [1.29, 1.82) is 0 Å². The van der Waals surface area contributed by atoms with Gasteiger partial charge in [-0.3, -0.25) is 0 Å². The van der Waals surface area contributed by atoms with Crippen molar-refractivity contribution in [2.75, 3.05) is 12.3 Å². The van der Waals surface area contributed by atoms with E-state index in [4.69, 9.17) is 0 Å². The summed E-state index contributed by atoms with van der Waals surface area (Å²) in [5.74, 6) is 2.15. The minimum absolute atomic E-state index is 0.698. The SMILES string of the molecule is CC(C)CCC(C)NCCSC1CCCCC1. The van der Waals surface area contributed by atoms with Crippen molar-refractivity contribution in [2.24, 2.45) is 5.92 Å². The molecule has 1 fully saturated rings. The highest BCUT2D eigenvalue weighted by molar-refractivity contribution is 7.99. The number of nitrogens with one attached hydrogen (secondary N) is 1. The first-order valence-corrected chi connectivity index (χ1v) is 8.58. The van der Waals surface area contributed by atoms with E-state index in [0.29, 0.717) is 6.04 Å². The molecule has 0 radical (unpaired) electrons. The molecule has 0 aliphatic heterocycles. The molecule has 1 unspecified atom stereocenters. The summed E-state index contributed by atoms with van der Waals surface area (Å²) in [6, 6.07) is 0.698. The highest BCUT2D eigenvalue weighted by Crippen LogP contribution is 2.27. The zero-order valence-corrected chi connectivity index (χ0v) is 12.8. The number of rotatable bonds is 8. The average Bonchev–Trinajstić information content (AvgIpc) is 2.33. The third kappa shape index (κ3) is 8.10. The number of hydrogen-bond donors (Lipinski definition) is 1. The molecule has 1 aliphatic carbocycles. The Hall–Kier alpha value is 0.310. The van der Waals surface area contributed by atoms with E-state index >= 15 is 0 Å². The Balaban J connectivity index is 1.92. The van der Waals surface area contributed by atoms with Gasteiger partial charge in [0.2, 0.25) is 0 Å². The van der Waals surface area contributed by atoms with Gasteiger partial charge < -0.3 is 5.32 Å². The van der Waals surface area contributed by atoms with Crippen LogP contribution in [0.4, 0.5) is 0 Å². The summed E-state index contributed by atoms with van der Waals surface area (Å²) in [6.45, 7) is 8.14. The maximum Gasteiger partial charge on any atom is 0.00609 e. The Labute approximate surface area is 113 Å². The van der Waals surface area contributed by atoms with Gasteiger partial charge in [0.05, 0.1) is 0 Å². The molecular formula is C15H31NS. The van der Waals surface area contributed by atoms with Crippen LogP contribution in [0, 0.1) is 5.92 Å². The minimum atomic E-state index is 0.698. The predicted octanol–water partition coefficient (Wildman–Crippen LogP) is 4.47. The zero-order valence-electron chi connectivity index (χ0n) is 12.0. The first kappa shape index (κ1) is 15.4. The molecule has 1 saturated carbocycles. The van der Waals surface area contributed by atoms with Crippen LogP contribution in [0.1, 0.15) is 65.7 Å². The summed E-state index contributed by atoms with van der Waals surface area (Å²) < 4.78 is 0. The average molecular weight is 257 g/mol. The lowest BCUT2D eigenvalue weighted by atomic mass is 10.0.